The molecule has 1 aromatic heterocycles. The van der Waals surface area contributed by atoms with E-state index in [9.17, 15) is 9.59 Å². The van der Waals surface area contributed by atoms with Gasteiger partial charge in [-0.15, -0.1) is 11.3 Å². The van der Waals surface area contributed by atoms with Crippen LogP contribution in [0.2, 0.25) is 0 Å². The Kier molecular flexibility index (Phi) is 6.94. The van der Waals surface area contributed by atoms with Crippen LogP contribution in [-0.4, -0.2) is 59.4 Å². The molecule has 1 atom stereocenters. The van der Waals surface area contributed by atoms with E-state index in [1.165, 1.54) is 11.3 Å². The Labute approximate surface area is 163 Å². The van der Waals surface area contributed by atoms with Crippen molar-refractivity contribution in [3.05, 3.63) is 16.1 Å². The highest BCUT2D eigenvalue weighted by Gasteiger charge is 2.29. The van der Waals surface area contributed by atoms with Gasteiger partial charge in [0.1, 0.15) is 10.7 Å². The number of thiazole rings is 1. The molecule has 2 aliphatic rings. The van der Waals surface area contributed by atoms with Gasteiger partial charge < -0.3 is 15.5 Å². The standard InChI is InChI=1S/C18H28N4O2S2/c1-22(2)9-16-21-15(11-26-16)18(24)19-13-5-3-12(4-6-13)17(23)20-14-7-8-25-10-14/h11-14H,3-10H2,1-2H3,(H,19,24)(H,20,23). The lowest BCUT2D eigenvalue weighted by Gasteiger charge is -2.29. The Morgan fingerprint density at radius 1 is 1.15 bits per heavy atom. The van der Waals surface area contributed by atoms with Crippen molar-refractivity contribution in [2.75, 3.05) is 25.6 Å². The van der Waals surface area contributed by atoms with Crippen molar-refractivity contribution in [3.63, 3.8) is 0 Å². The quantitative estimate of drug-likeness (QED) is 0.770. The first-order valence-electron chi connectivity index (χ1n) is 9.29. The minimum atomic E-state index is -0.0952. The highest BCUT2D eigenvalue weighted by Crippen LogP contribution is 2.26. The van der Waals surface area contributed by atoms with E-state index in [4.69, 9.17) is 0 Å². The molecule has 0 bridgehead atoms. The largest absolute Gasteiger partial charge is 0.352 e. The van der Waals surface area contributed by atoms with Crippen LogP contribution in [0.3, 0.4) is 0 Å². The minimum Gasteiger partial charge on any atom is -0.352 e. The normalized spacial score (nSPS) is 26.0. The molecule has 1 saturated heterocycles. The molecule has 3 rings (SSSR count). The highest BCUT2D eigenvalue weighted by atomic mass is 32.2. The fraction of sp³-hybridized carbons (Fsp3) is 0.722. The van der Waals surface area contributed by atoms with Crippen LogP contribution in [-0.2, 0) is 11.3 Å². The number of carbonyl (C=O) groups excluding carboxylic acids is 2. The molecule has 1 aliphatic heterocycles. The van der Waals surface area contributed by atoms with E-state index in [-0.39, 0.29) is 23.8 Å². The molecule has 2 fully saturated rings. The predicted octanol–water partition coefficient (Wildman–Crippen LogP) is 2.12. The SMILES string of the molecule is CN(C)Cc1nc(C(=O)NC2CCC(C(=O)NC3CCSC3)CC2)cs1. The van der Waals surface area contributed by atoms with Gasteiger partial charge in [-0.25, -0.2) is 4.98 Å². The zero-order valence-electron chi connectivity index (χ0n) is 15.5. The summed E-state index contributed by atoms with van der Waals surface area (Å²) < 4.78 is 0. The number of rotatable bonds is 6. The fourth-order valence-corrected chi connectivity index (χ4v) is 5.53. The van der Waals surface area contributed by atoms with E-state index in [1.807, 2.05) is 36.1 Å². The summed E-state index contributed by atoms with van der Waals surface area (Å²) in [7, 11) is 3.97. The van der Waals surface area contributed by atoms with Gasteiger partial charge in [-0.3, -0.25) is 9.59 Å². The first-order chi connectivity index (χ1) is 12.5. The fourth-order valence-electron chi connectivity index (χ4n) is 3.48. The summed E-state index contributed by atoms with van der Waals surface area (Å²) in [6, 6.07) is 0.499. The number of nitrogens with zero attached hydrogens (tertiary/aromatic N) is 2. The lowest BCUT2D eigenvalue weighted by Crippen LogP contribution is -2.43. The van der Waals surface area contributed by atoms with E-state index in [0.717, 1.165) is 55.2 Å². The van der Waals surface area contributed by atoms with Crippen molar-refractivity contribution >= 4 is 34.9 Å². The van der Waals surface area contributed by atoms with Gasteiger partial charge in [0.05, 0.1) is 0 Å². The van der Waals surface area contributed by atoms with Crippen molar-refractivity contribution < 1.29 is 9.59 Å². The Balaban J connectivity index is 1.42. The summed E-state index contributed by atoms with van der Waals surface area (Å²) in [4.78, 5) is 31.2. The number of thioether (sulfide) groups is 1. The van der Waals surface area contributed by atoms with Crippen molar-refractivity contribution in [3.8, 4) is 0 Å². The molecule has 6 nitrogen and oxygen atoms in total. The first-order valence-corrected chi connectivity index (χ1v) is 11.3. The Morgan fingerprint density at radius 3 is 2.58 bits per heavy atom. The molecule has 1 unspecified atom stereocenters. The van der Waals surface area contributed by atoms with Gasteiger partial charge >= 0.3 is 0 Å². The second-order valence-corrected chi connectivity index (χ2v) is 9.55. The molecule has 2 amide bonds. The zero-order valence-corrected chi connectivity index (χ0v) is 17.1. The summed E-state index contributed by atoms with van der Waals surface area (Å²) in [6.07, 6.45) is 4.50. The van der Waals surface area contributed by atoms with Crippen LogP contribution in [0.1, 0.15) is 47.6 Å². The van der Waals surface area contributed by atoms with Crippen LogP contribution >= 0.6 is 23.1 Å². The van der Waals surface area contributed by atoms with Crippen molar-refractivity contribution in [1.29, 1.82) is 0 Å². The molecule has 26 heavy (non-hydrogen) atoms. The number of aromatic nitrogens is 1. The van der Waals surface area contributed by atoms with Gasteiger partial charge in [-0.2, -0.15) is 11.8 Å². The van der Waals surface area contributed by atoms with Crippen LogP contribution in [0.5, 0.6) is 0 Å². The van der Waals surface area contributed by atoms with E-state index in [0.29, 0.717) is 11.7 Å². The van der Waals surface area contributed by atoms with Crippen LogP contribution in [0.25, 0.3) is 0 Å². The van der Waals surface area contributed by atoms with Crippen LogP contribution in [0, 0.1) is 5.92 Å². The molecule has 1 saturated carbocycles. The summed E-state index contributed by atoms with van der Waals surface area (Å²) in [5.74, 6) is 2.40. The maximum Gasteiger partial charge on any atom is 0.270 e. The van der Waals surface area contributed by atoms with E-state index in [1.54, 1.807) is 0 Å². The van der Waals surface area contributed by atoms with E-state index < -0.39 is 0 Å². The average molecular weight is 397 g/mol. The second kappa shape index (κ2) is 9.19. The first kappa shape index (κ1) is 19.6. The number of carbonyl (C=O) groups is 2. The molecular weight excluding hydrogens is 368 g/mol. The minimum absolute atomic E-state index is 0.0952. The van der Waals surface area contributed by atoms with Gasteiger partial charge in [0.15, 0.2) is 0 Å². The summed E-state index contributed by atoms with van der Waals surface area (Å²) in [5.41, 5.74) is 0.505. The third-order valence-corrected chi connectivity index (χ3v) is 6.94. The summed E-state index contributed by atoms with van der Waals surface area (Å²) in [5, 5.41) is 9.06. The topological polar surface area (TPSA) is 74.3 Å². The average Bonchev–Trinajstić information content (AvgIpc) is 3.27. The lowest BCUT2D eigenvalue weighted by atomic mass is 9.85. The third-order valence-electron chi connectivity index (χ3n) is 4.95. The van der Waals surface area contributed by atoms with Crippen LogP contribution < -0.4 is 10.6 Å². The van der Waals surface area contributed by atoms with Crippen LogP contribution in [0.4, 0.5) is 0 Å². The molecule has 1 aliphatic carbocycles. The molecule has 0 spiro atoms. The van der Waals surface area contributed by atoms with Crippen molar-refractivity contribution in [2.45, 2.75) is 50.7 Å². The molecule has 1 aromatic rings. The van der Waals surface area contributed by atoms with Gasteiger partial charge in [-0.05, 0) is 52.0 Å². The Morgan fingerprint density at radius 2 is 1.92 bits per heavy atom. The van der Waals surface area contributed by atoms with Gasteiger partial charge in [-0.1, -0.05) is 0 Å². The zero-order chi connectivity index (χ0) is 18.5. The molecule has 0 radical (unpaired) electrons. The molecule has 8 heteroatoms. The predicted molar refractivity (Wildman–Crippen MR) is 107 cm³/mol. The summed E-state index contributed by atoms with van der Waals surface area (Å²) in [6.45, 7) is 0.748. The number of hydrogen-bond donors (Lipinski definition) is 2. The molecule has 2 N–H and O–H groups in total. The molecule has 0 aromatic carbocycles. The Bertz CT molecular complexity index is 620. The van der Waals surface area contributed by atoms with Crippen LogP contribution in [0.15, 0.2) is 5.38 Å². The monoisotopic (exact) mass is 396 g/mol. The van der Waals surface area contributed by atoms with Crippen molar-refractivity contribution in [2.24, 2.45) is 5.92 Å². The van der Waals surface area contributed by atoms with E-state index in [2.05, 4.69) is 15.6 Å². The summed E-state index contributed by atoms with van der Waals surface area (Å²) >= 11 is 3.43. The van der Waals surface area contributed by atoms with Crippen molar-refractivity contribution in [1.82, 2.24) is 20.5 Å². The number of hydrogen-bond acceptors (Lipinski definition) is 6. The Hall–Kier alpha value is -1.12. The van der Waals surface area contributed by atoms with E-state index >= 15 is 0 Å². The maximum atomic E-state index is 12.4. The number of amides is 2. The molecule has 2 heterocycles. The smallest absolute Gasteiger partial charge is 0.270 e. The molecular formula is C18H28N4O2S2. The third kappa shape index (κ3) is 5.44. The lowest BCUT2D eigenvalue weighted by molar-refractivity contribution is -0.126. The second-order valence-electron chi connectivity index (χ2n) is 7.46. The highest BCUT2D eigenvalue weighted by molar-refractivity contribution is 7.99. The number of nitrogens with one attached hydrogen (secondary N) is 2. The van der Waals surface area contributed by atoms with Gasteiger partial charge in [0.25, 0.3) is 5.91 Å². The van der Waals surface area contributed by atoms with Gasteiger partial charge in [0.2, 0.25) is 5.91 Å². The van der Waals surface area contributed by atoms with Gasteiger partial charge in [0, 0.05) is 35.7 Å². The molecule has 144 valence electrons. The maximum absolute atomic E-state index is 12.4.